The molecule has 1 aromatic rings. The summed E-state index contributed by atoms with van der Waals surface area (Å²) in [5, 5.41) is 0.0671. The second-order valence-corrected chi connectivity index (χ2v) is 4.72. The lowest BCUT2D eigenvalue weighted by Gasteiger charge is -2.05. The number of rotatable bonds is 0. The van der Waals surface area contributed by atoms with Crippen molar-refractivity contribution in [3.05, 3.63) is 57.5 Å². The van der Waals surface area contributed by atoms with E-state index in [4.69, 9.17) is 5.53 Å². The van der Waals surface area contributed by atoms with Crippen LogP contribution in [0.15, 0.2) is 41.2 Å². The summed E-state index contributed by atoms with van der Waals surface area (Å²) >= 11 is 1.55. The Kier molecular flexibility index (Phi) is 2.14. The monoisotopic (exact) mass is 241 g/mol. The van der Waals surface area contributed by atoms with Gasteiger partial charge in [-0.25, -0.2) is 0 Å². The minimum absolute atomic E-state index is 0.0671. The number of benzene rings is 2. The zero-order chi connectivity index (χ0) is 11.8. The van der Waals surface area contributed by atoms with Crippen molar-refractivity contribution in [1.29, 1.82) is 0 Å². The van der Waals surface area contributed by atoms with E-state index in [9.17, 15) is 4.79 Å². The van der Waals surface area contributed by atoms with Crippen molar-refractivity contribution >= 4 is 21.6 Å². The summed E-state index contributed by atoms with van der Waals surface area (Å²) < 4.78 is 1.09. The van der Waals surface area contributed by atoms with E-state index in [1.165, 1.54) is 6.07 Å². The average Bonchev–Trinajstić information content (AvgIpc) is 2.35. The van der Waals surface area contributed by atoms with Gasteiger partial charge in [0.05, 0.1) is 26.9 Å². The molecular weight excluding hydrogens is 234 g/mol. The van der Waals surface area contributed by atoms with Crippen LogP contribution in [0.3, 0.4) is 0 Å². The largest absolute Gasteiger partial charge is 0.363 e. The normalized spacial score (nSPS) is 10.6. The molecule has 0 spiro atoms. The number of H-pyrrole nitrogens is 1. The van der Waals surface area contributed by atoms with Crippen LogP contribution in [-0.4, -0.2) is 9.77 Å². The van der Waals surface area contributed by atoms with Crippen LogP contribution in [0.5, 0.6) is 0 Å². The Balaban J connectivity index is 2.54. The van der Waals surface area contributed by atoms with Gasteiger partial charge in [-0.15, -0.1) is 11.3 Å². The molecule has 1 aromatic carbocycles. The fourth-order valence-corrected chi connectivity index (χ4v) is 2.73. The standard InChI is InChI=1S/C12H7N3OS/c13-15-8-6-12-9(5-10(8)16)14-7-3-1-2-4-11(7)17-12/h1-6,14H. The first-order valence-corrected chi connectivity index (χ1v) is 5.83. The molecule has 0 aromatic heterocycles. The number of fused-ring (bicyclic) bond motifs is 2. The maximum atomic E-state index is 11.5. The third-order valence-electron chi connectivity index (χ3n) is 2.55. The van der Waals surface area contributed by atoms with Crippen molar-refractivity contribution in [1.82, 2.24) is 4.98 Å². The molecule has 1 aliphatic carbocycles. The first kappa shape index (κ1) is 9.96. The highest BCUT2D eigenvalue weighted by atomic mass is 32.1. The van der Waals surface area contributed by atoms with E-state index in [-0.39, 0.29) is 10.8 Å². The molecule has 0 amide bonds. The van der Waals surface area contributed by atoms with Gasteiger partial charge in [0, 0.05) is 6.07 Å². The van der Waals surface area contributed by atoms with E-state index in [2.05, 4.69) is 9.77 Å². The second-order valence-electron chi connectivity index (χ2n) is 3.64. The van der Waals surface area contributed by atoms with Crippen molar-refractivity contribution in [3.63, 3.8) is 0 Å². The SMILES string of the molecule is [N-]=[N+]=c1cc2sc3ccccc3[nH]c-2cc1=O. The Bertz CT molecular complexity index is 827. The summed E-state index contributed by atoms with van der Waals surface area (Å²) in [6, 6.07) is 10.9. The van der Waals surface area contributed by atoms with Gasteiger partial charge < -0.3 is 10.5 Å². The lowest BCUT2D eigenvalue weighted by atomic mass is 10.2. The third kappa shape index (κ3) is 1.58. The van der Waals surface area contributed by atoms with Gasteiger partial charge in [0.15, 0.2) is 0 Å². The molecule has 2 aliphatic rings. The van der Waals surface area contributed by atoms with E-state index >= 15 is 0 Å². The molecule has 1 N–H and O–H groups in total. The molecule has 1 aliphatic heterocycles. The first-order valence-electron chi connectivity index (χ1n) is 5.02. The van der Waals surface area contributed by atoms with Gasteiger partial charge in [-0.2, -0.15) is 4.79 Å². The fraction of sp³-hybridized carbons (Fsp3) is 0. The van der Waals surface area contributed by atoms with E-state index in [0.717, 1.165) is 20.8 Å². The van der Waals surface area contributed by atoms with Crippen LogP contribution in [0.4, 0.5) is 0 Å². The number of para-hydroxylation sites is 1. The molecule has 0 saturated heterocycles. The first-order chi connectivity index (χ1) is 8.28. The van der Waals surface area contributed by atoms with Gasteiger partial charge in [0.1, 0.15) is 0 Å². The van der Waals surface area contributed by atoms with E-state index in [0.29, 0.717) is 0 Å². The van der Waals surface area contributed by atoms with Crippen molar-refractivity contribution < 1.29 is 4.79 Å². The highest BCUT2D eigenvalue weighted by Crippen LogP contribution is 2.28. The van der Waals surface area contributed by atoms with Crippen molar-refractivity contribution in [3.8, 4) is 10.6 Å². The summed E-state index contributed by atoms with van der Waals surface area (Å²) in [6.45, 7) is 0. The summed E-state index contributed by atoms with van der Waals surface area (Å²) in [7, 11) is 0. The number of nitrogens with zero attached hydrogens (tertiary/aromatic N) is 2. The van der Waals surface area contributed by atoms with Gasteiger partial charge in [-0.1, -0.05) is 12.1 Å². The van der Waals surface area contributed by atoms with Crippen LogP contribution in [0.25, 0.3) is 26.3 Å². The Morgan fingerprint density at radius 3 is 2.88 bits per heavy atom. The Morgan fingerprint density at radius 1 is 1.24 bits per heavy atom. The van der Waals surface area contributed by atoms with Crippen LogP contribution < -0.4 is 10.8 Å². The molecule has 3 rings (SSSR count). The maximum Gasteiger partial charge on any atom is 0.363 e. The Hall–Kier alpha value is -2.23. The maximum absolute atomic E-state index is 11.5. The van der Waals surface area contributed by atoms with Crippen LogP contribution in [0, 0.1) is 0 Å². The second kappa shape index (κ2) is 3.66. The predicted octanol–water partition coefficient (Wildman–Crippen LogP) is 1.82. The molecule has 0 unspecified atom stereocenters. The summed E-state index contributed by atoms with van der Waals surface area (Å²) in [6.07, 6.45) is 0. The number of hydrogen-bond acceptors (Lipinski definition) is 2. The van der Waals surface area contributed by atoms with E-state index < -0.39 is 0 Å². The minimum Gasteiger partial charge on any atom is -0.361 e. The molecule has 4 nitrogen and oxygen atoms in total. The number of nitrogens with one attached hydrogen (secondary N) is 1. The number of aromatic nitrogens is 1. The fourth-order valence-electron chi connectivity index (χ4n) is 1.73. The average molecular weight is 241 g/mol. The molecule has 0 saturated carbocycles. The smallest absolute Gasteiger partial charge is 0.361 e. The Morgan fingerprint density at radius 2 is 2.06 bits per heavy atom. The molecule has 0 bridgehead atoms. The highest BCUT2D eigenvalue weighted by molar-refractivity contribution is 7.21. The lowest BCUT2D eigenvalue weighted by Crippen LogP contribution is -2.25. The minimum atomic E-state index is -0.293. The van der Waals surface area contributed by atoms with Gasteiger partial charge in [-0.3, -0.25) is 4.79 Å². The summed E-state index contributed by atoms with van der Waals surface area (Å²) in [5.41, 5.74) is 10.2. The highest BCUT2D eigenvalue weighted by Gasteiger charge is 2.10. The van der Waals surface area contributed by atoms with E-state index in [1.54, 1.807) is 17.4 Å². The Labute approximate surface area is 99.8 Å². The molecule has 1 heterocycles. The lowest BCUT2D eigenvalue weighted by molar-refractivity contribution is -0.0665. The van der Waals surface area contributed by atoms with E-state index in [1.807, 2.05) is 24.3 Å². The van der Waals surface area contributed by atoms with Crippen LogP contribution >= 0.6 is 11.3 Å². The zero-order valence-corrected chi connectivity index (χ0v) is 9.49. The summed E-state index contributed by atoms with van der Waals surface area (Å²) in [4.78, 5) is 18.6. The third-order valence-corrected chi connectivity index (χ3v) is 3.68. The molecule has 82 valence electrons. The molecule has 5 heteroatoms. The van der Waals surface area contributed by atoms with Crippen LogP contribution in [0.1, 0.15) is 0 Å². The van der Waals surface area contributed by atoms with Gasteiger partial charge in [0.2, 0.25) is 0 Å². The van der Waals surface area contributed by atoms with Crippen molar-refractivity contribution in [2.24, 2.45) is 0 Å². The number of hydrogen-bond donors (Lipinski definition) is 1. The topological polar surface area (TPSA) is 69.3 Å². The predicted molar refractivity (Wildman–Crippen MR) is 65.8 cm³/mol. The summed E-state index contributed by atoms with van der Waals surface area (Å²) in [5.74, 6) is 0. The van der Waals surface area contributed by atoms with Gasteiger partial charge in [-0.05, 0) is 12.1 Å². The quantitative estimate of drug-likeness (QED) is 0.364. The molecule has 0 radical (unpaired) electrons. The molecule has 0 fully saturated rings. The molecule has 0 atom stereocenters. The van der Waals surface area contributed by atoms with Gasteiger partial charge in [0.25, 0.3) is 5.43 Å². The van der Waals surface area contributed by atoms with Crippen LogP contribution in [-0.2, 0) is 0 Å². The van der Waals surface area contributed by atoms with Crippen molar-refractivity contribution in [2.45, 2.75) is 0 Å². The van der Waals surface area contributed by atoms with Gasteiger partial charge >= 0.3 is 5.36 Å². The van der Waals surface area contributed by atoms with Crippen LogP contribution in [0.2, 0.25) is 0 Å². The zero-order valence-electron chi connectivity index (χ0n) is 8.68. The number of aromatic amines is 1. The molecular formula is C12H7N3OS. The molecule has 17 heavy (non-hydrogen) atoms. The van der Waals surface area contributed by atoms with Crippen molar-refractivity contribution in [2.75, 3.05) is 0 Å².